The summed E-state index contributed by atoms with van der Waals surface area (Å²) < 4.78 is 2.93. The van der Waals surface area contributed by atoms with E-state index in [4.69, 9.17) is 11.6 Å². The van der Waals surface area contributed by atoms with E-state index < -0.39 is 0 Å². The van der Waals surface area contributed by atoms with Gasteiger partial charge in [0.25, 0.3) is 5.91 Å². The van der Waals surface area contributed by atoms with Crippen molar-refractivity contribution in [2.75, 3.05) is 0 Å². The van der Waals surface area contributed by atoms with Gasteiger partial charge in [-0.3, -0.25) is 4.79 Å². The Hall–Kier alpha value is -0.730. The Morgan fingerprint density at radius 1 is 1.22 bits per heavy atom. The van der Waals surface area contributed by atoms with Gasteiger partial charge >= 0.3 is 0 Å². The van der Waals surface area contributed by atoms with Crippen LogP contribution in [0.25, 0.3) is 10.1 Å². The van der Waals surface area contributed by atoms with Gasteiger partial charge in [0.05, 0.1) is 19.4 Å². The molecule has 0 aliphatic rings. The molecule has 1 amide bonds. The summed E-state index contributed by atoms with van der Waals surface area (Å²) in [6.07, 6.45) is 0. The average molecular weight is 493 g/mol. The summed E-state index contributed by atoms with van der Waals surface area (Å²) in [5.74, 6) is -0.303. The highest BCUT2D eigenvalue weighted by molar-refractivity contribution is 9.11. The standard InChI is InChI=1S/C15H9Br2ClN2OS2/c1-7(10-4-5-12(17)22-10)19-20-15(21)14-13(18)9-3-2-8(16)6-11(9)23-14/h2-6H,1H3,(H,20,21)/b19-7-. The zero-order chi connectivity index (χ0) is 16.6. The number of carbonyl (C=O) groups is 1. The van der Waals surface area contributed by atoms with Crippen LogP contribution in [0, 0.1) is 0 Å². The van der Waals surface area contributed by atoms with E-state index in [1.54, 1.807) is 11.3 Å². The average Bonchev–Trinajstić information content (AvgIpc) is 3.08. The van der Waals surface area contributed by atoms with Crippen LogP contribution in [0.2, 0.25) is 5.02 Å². The summed E-state index contributed by atoms with van der Waals surface area (Å²) in [5, 5.41) is 5.49. The first-order valence-corrected chi connectivity index (χ1v) is 10.0. The quantitative estimate of drug-likeness (QED) is 0.339. The maximum absolute atomic E-state index is 12.4. The molecule has 8 heteroatoms. The lowest BCUT2D eigenvalue weighted by atomic mass is 10.2. The van der Waals surface area contributed by atoms with Gasteiger partial charge in [-0.1, -0.05) is 33.6 Å². The van der Waals surface area contributed by atoms with Gasteiger partial charge in [-0.25, -0.2) is 5.43 Å². The van der Waals surface area contributed by atoms with Crippen LogP contribution in [0.3, 0.4) is 0 Å². The number of halogens is 3. The minimum absolute atomic E-state index is 0.303. The van der Waals surface area contributed by atoms with Crippen LogP contribution < -0.4 is 5.43 Å². The molecule has 0 atom stereocenters. The van der Waals surface area contributed by atoms with E-state index in [-0.39, 0.29) is 5.91 Å². The molecule has 0 fully saturated rings. The second-order valence-corrected chi connectivity index (χ2v) is 9.44. The number of thiophene rings is 2. The molecule has 3 nitrogen and oxygen atoms in total. The van der Waals surface area contributed by atoms with Gasteiger partial charge in [-0.15, -0.1) is 22.7 Å². The van der Waals surface area contributed by atoms with Crippen LogP contribution in [-0.2, 0) is 0 Å². The summed E-state index contributed by atoms with van der Waals surface area (Å²) in [6, 6.07) is 9.64. The van der Waals surface area contributed by atoms with Gasteiger partial charge in [-0.05, 0) is 47.1 Å². The molecule has 0 aliphatic heterocycles. The van der Waals surface area contributed by atoms with Gasteiger partial charge in [0, 0.05) is 14.6 Å². The van der Waals surface area contributed by atoms with E-state index in [9.17, 15) is 4.79 Å². The fourth-order valence-corrected chi connectivity index (χ4v) is 5.22. The van der Waals surface area contributed by atoms with Crippen LogP contribution >= 0.6 is 66.1 Å². The summed E-state index contributed by atoms with van der Waals surface area (Å²) >= 11 is 16.1. The largest absolute Gasteiger partial charge is 0.283 e. The number of hydrogen-bond donors (Lipinski definition) is 1. The summed E-state index contributed by atoms with van der Waals surface area (Å²) in [5.41, 5.74) is 3.32. The van der Waals surface area contributed by atoms with Crippen molar-refractivity contribution in [3.63, 3.8) is 0 Å². The van der Waals surface area contributed by atoms with E-state index in [1.807, 2.05) is 37.3 Å². The van der Waals surface area contributed by atoms with Gasteiger partial charge in [0.1, 0.15) is 4.88 Å². The third kappa shape index (κ3) is 3.69. The number of nitrogens with zero attached hydrogens (tertiary/aromatic N) is 1. The second kappa shape index (κ2) is 7.03. The Kier molecular flexibility index (Phi) is 5.22. The van der Waals surface area contributed by atoms with E-state index in [2.05, 4.69) is 42.4 Å². The minimum atomic E-state index is -0.303. The lowest BCUT2D eigenvalue weighted by molar-refractivity contribution is 0.0959. The van der Waals surface area contributed by atoms with Crippen LogP contribution in [0.4, 0.5) is 0 Å². The van der Waals surface area contributed by atoms with Crippen LogP contribution in [0.15, 0.2) is 43.7 Å². The van der Waals surface area contributed by atoms with Gasteiger partial charge in [0.2, 0.25) is 0 Å². The summed E-state index contributed by atoms with van der Waals surface area (Å²) in [6.45, 7) is 1.85. The molecule has 118 valence electrons. The fourth-order valence-electron chi connectivity index (χ4n) is 1.93. The Bertz CT molecular complexity index is 933. The van der Waals surface area contributed by atoms with Gasteiger partial charge in [-0.2, -0.15) is 5.10 Å². The summed E-state index contributed by atoms with van der Waals surface area (Å²) in [7, 11) is 0. The Labute approximate surface area is 162 Å². The van der Waals surface area contributed by atoms with Crippen molar-refractivity contribution in [3.05, 3.63) is 53.4 Å². The molecule has 2 aromatic heterocycles. The smallest absolute Gasteiger partial charge is 0.266 e. The molecule has 0 saturated carbocycles. The predicted octanol–water partition coefficient (Wildman–Crippen LogP) is 6.30. The van der Waals surface area contributed by atoms with Crippen LogP contribution in [-0.4, -0.2) is 11.6 Å². The van der Waals surface area contributed by atoms with Crippen LogP contribution in [0.5, 0.6) is 0 Å². The molecule has 0 bridgehead atoms. The molecule has 0 aliphatic carbocycles. The number of rotatable bonds is 3. The van der Waals surface area contributed by atoms with Crippen LogP contribution in [0.1, 0.15) is 21.5 Å². The first-order valence-electron chi connectivity index (χ1n) is 6.43. The molecule has 0 saturated heterocycles. The topological polar surface area (TPSA) is 41.5 Å². The molecule has 0 unspecified atom stereocenters. The number of fused-ring (bicyclic) bond motifs is 1. The maximum atomic E-state index is 12.4. The Morgan fingerprint density at radius 3 is 2.70 bits per heavy atom. The Morgan fingerprint density at radius 2 is 2.00 bits per heavy atom. The molecule has 23 heavy (non-hydrogen) atoms. The van der Waals surface area contributed by atoms with Crippen molar-refractivity contribution in [1.82, 2.24) is 5.43 Å². The molecule has 0 spiro atoms. The third-order valence-electron chi connectivity index (χ3n) is 3.05. The number of carbonyl (C=O) groups excluding carboxylic acids is 1. The molecular weight excluding hydrogens is 484 g/mol. The molecular formula is C15H9Br2ClN2OS2. The van der Waals surface area contributed by atoms with Crippen molar-refractivity contribution in [3.8, 4) is 0 Å². The highest BCUT2D eigenvalue weighted by atomic mass is 79.9. The second-order valence-electron chi connectivity index (χ2n) is 4.63. The van der Waals surface area contributed by atoms with Gasteiger partial charge in [0.15, 0.2) is 0 Å². The Balaban J connectivity index is 1.85. The third-order valence-corrected chi connectivity index (χ3v) is 6.93. The van der Waals surface area contributed by atoms with E-state index in [1.165, 1.54) is 11.3 Å². The molecule has 2 heterocycles. The monoisotopic (exact) mass is 490 g/mol. The first kappa shape index (κ1) is 17.1. The zero-order valence-electron chi connectivity index (χ0n) is 11.7. The molecule has 0 radical (unpaired) electrons. The van der Waals surface area contributed by atoms with Crippen molar-refractivity contribution in [2.24, 2.45) is 5.10 Å². The van der Waals surface area contributed by atoms with Crippen molar-refractivity contribution >= 4 is 87.8 Å². The number of hydrazone groups is 1. The highest BCUT2D eigenvalue weighted by Gasteiger charge is 2.17. The van der Waals surface area contributed by atoms with E-state index in [0.29, 0.717) is 9.90 Å². The molecule has 1 aromatic carbocycles. The highest BCUT2D eigenvalue weighted by Crippen LogP contribution is 2.36. The number of nitrogens with one attached hydrogen (secondary N) is 1. The SMILES string of the molecule is C/C(=N/NC(=O)c1sc2cc(Br)ccc2c1Cl)c1ccc(Br)s1. The first-order chi connectivity index (χ1) is 11.0. The van der Waals surface area contributed by atoms with Crippen molar-refractivity contribution in [1.29, 1.82) is 0 Å². The summed E-state index contributed by atoms with van der Waals surface area (Å²) in [4.78, 5) is 13.8. The van der Waals surface area contributed by atoms with E-state index >= 15 is 0 Å². The lowest BCUT2D eigenvalue weighted by Crippen LogP contribution is -2.18. The van der Waals surface area contributed by atoms with E-state index in [0.717, 1.165) is 28.9 Å². The number of hydrogen-bond acceptors (Lipinski definition) is 4. The number of benzene rings is 1. The van der Waals surface area contributed by atoms with Crippen molar-refractivity contribution in [2.45, 2.75) is 6.92 Å². The predicted molar refractivity (Wildman–Crippen MR) is 106 cm³/mol. The normalized spacial score (nSPS) is 11.9. The molecule has 3 aromatic rings. The minimum Gasteiger partial charge on any atom is -0.266 e. The molecule has 3 rings (SSSR count). The zero-order valence-corrected chi connectivity index (χ0v) is 17.3. The lowest BCUT2D eigenvalue weighted by Gasteiger charge is -1.99. The molecule has 1 N–H and O–H groups in total. The number of amides is 1. The van der Waals surface area contributed by atoms with Crippen molar-refractivity contribution < 1.29 is 4.79 Å². The van der Waals surface area contributed by atoms with Gasteiger partial charge < -0.3 is 0 Å². The maximum Gasteiger partial charge on any atom is 0.283 e. The fraction of sp³-hybridized carbons (Fsp3) is 0.0667.